The van der Waals surface area contributed by atoms with E-state index in [2.05, 4.69) is 20.7 Å². The number of piperidine rings is 1. The Labute approximate surface area is 141 Å². The average molecular weight is 332 g/mol. The summed E-state index contributed by atoms with van der Waals surface area (Å²) >= 11 is 0. The number of anilines is 1. The quantitative estimate of drug-likeness (QED) is 0.676. The molecule has 0 saturated carbocycles. The fourth-order valence-electron chi connectivity index (χ4n) is 3.18. The molecule has 130 valence electrons. The monoisotopic (exact) mass is 332 g/mol. The summed E-state index contributed by atoms with van der Waals surface area (Å²) in [5.41, 5.74) is 5.89. The van der Waals surface area contributed by atoms with Crippen LogP contribution < -0.4 is 5.43 Å². The van der Waals surface area contributed by atoms with Gasteiger partial charge in [0.2, 0.25) is 0 Å². The summed E-state index contributed by atoms with van der Waals surface area (Å²) in [4.78, 5) is 19.1. The molecule has 1 aromatic rings. The molecule has 8 nitrogen and oxygen atoms in total. The minimum Gasteiger partial charge on any atom is -0.350 e. The molecule has 24 heavy (non-hydrogen) atoms. The largest absolute Gasteiger partial charge is 0.428 e. The molecule has 2 aliphatic heterocycles. The smallest absolute Gasteiger partial charge is 0.350 e. The summed E-state index contributed by atoms with van der Waals surface area (Å²) in [6.45, 7) is 3.82. The number of carbonyl (C=O) groups excluding carboxylic acids is 1. The molecule has 1 amide bonds. The Morgan fingerprint density at radius 3 is 2.88 bits per heavy atom. The molecule has 3 rings (SSSR count). The molecule has 2 aliphatic rings. The van der Waals surface area contributed by atoms with Gasteiger partial charge < -0.3 is 9.74 Å². The van der Waals surface area contributed by atoms with E-state index in [1.165, 1.54) is 4.90 Å². The van der Waals surface area contributed by atoms with Crippen LogP contribution in [0.2, 0.25) is 0 Å². The average Bonchev–Trinajstić information content (AvgIpc) is 2.53. The maximum atomic E-state index is 12.0. The molecule has 1 N–H and O–H groups in total. The molecule has 1 aromatic heterocycles. The maximum absolute atomic E-state index is 12.0. The topological polar surface area (TPSA) is 83.0 Å². The molecule has 0 spiro atoms. The minimum absolute atomic E-state index is 0.0270. The SMILES string of the molecule is CC(C)=NNc1cc2c(nn1)CC1CCCC2N1OC(=O)N(C)C. The van der Waals surface area contributed by atoms with E-state index in [1.807, 2.05) is 25.0 Å². The molecule has 0 radical (unpaired) electrons. The molecule has 1 saturated heterocycles. The van der Waals surface area contributed by atoms with Crippen molar-refractivity contribution in [3.63, 3.8) is 0 Å². The van der Waals surface area contributed by atoms with Crippen LogP contribution in [-0.4, -0.2) is 52.1 Å². The first-order chi connectivity index (χ1) is 11.5. The van der Waals surface area contributed by atoms with Crippen LogP contribution in [0.3, 0.4) is 0 Å². The number of hydrogen-bond acceptors (Lipinski definition) is 7. The fourth-order valence-corrected chi connectivity index (χ4v) is 3.18. The summed E-state index contributed by atoms with van der Waals surface area (Å²) in [6, 6.07) is 2.17. The zero-order valence-electron chi connectivity index (χ0n) is 14.6. The summed E-state index contributed by atoms with van der Waals surface area (Å²) in [7, 11) is 3.38. The second kappa shape index (κ2) is 6.72. The number of rotatable bonds is 3. The Hall–Kier alpha value is -2.22. The second-order valence-corrected chi connectivity index (χ2v) is 6.72. The Kier molecular flexibility index (Phi) is 4.66. The van der Waals surface area contributed by atoms with Crippen LogP contribution >= 0.6 is 0 Å². The van der Waals surface area contributed by atoms with Crippen molar-refractivity contribution >= 4 is 17.6 Å². The highest BCUT2D eigenvalue weighted by molar-refractivity contribution is 5.79. The van der Waals surface area contributed by atoms with Crippen LogP contribution in [0, 0.1) is 0 Å². The first-order valence-corrected chi connectivity index (χ1v) is 8.26. The van der Waals surface area contributed by atoms with Gasteiger partial charge in [0, 0.05) is 26.2 Å². The van der Waals surface area contributed by atoms with Crippen molar-refractivity contribution in [2.45, 2.75) is 51.6 Å². The highest BCUT2D eigenvalue weighted by Gasteiger charge is 2.41. The molecule has 2 atom stereocenters. The van der Waals surface area contributed by atoms with Gasteiger partial charge in [-0.1, -0.05) is 0 Å². The van der Waals surface area contributed by atoms with Crippen LogP contribution in [0.25, 0.3) is 0 Å². The third-order valence-corrected chi connectivity index (χ3v) is 4.32. The lowest BCUT2D eigenvalue weighted by Crippen LogP contribution is -2.49. The maximum Gasteiger partial charge on any atom is 0.428 e. The Morgan fingerprint density at radius 2 is 2.17 bits per heavy atom. The van der Waals surface area contributed by atoms with Gasteiger partial charge in [-0.05, 0) is 44.7 Å². The van der Waals surface area contributed by atoms with E-state index in [0.29, 0.717) is 5.82 Å². The summed E-state index contributed by atoms with van der Waals surface area (Å²) in [5, 5.41) is 14.6. The molecule has 3 heterocycles. The van der Waals surface area contributed by atoms with Crippen molar-refractivity contribution in [3.8, 4) is 0 Å². The van der Waals surface area contributed by atoms with Crippen LogP contribution in [0.4, 0.5) is 10.6 Å². The van der Waals surface area contributed by atoms with Gasteiger partial charge in [0.15, 0.2) is 5.82 Å². The predicted molar refractivity (Wildman–Crippen MR) is 90.5 cm³/mol. The molecule has 2 bridgehead atoms. The van der Waals surface area contributed by atoms with Crippen molar-refractivity contribution in [1.29, 1.82) is 0 Å². The number of amides is 1. The van der Waals surface area contributed by atoms with E-state index in [1.54, 1.807) is 14.1 Å². The van der Waals surface area contributed by atoms with Crippen LogP contribution in [-0.2, 0) is 11.3 Å². The molecule has 0 aromatic carbocycles. The van der Waals surface area contributed by atoms with E-state index < -0.39 is 0 Å². The lowest BCUT2D eigenvalue weighted by Gasteiger charge is -2.44. The fraction of sp³-hybridized carbons (Fsp3) is 0.625. The van der Waals surface area contributed by atoms with Crippen molar-refractivity contribution in [3.05, 3.63) is 17.3 Å². The Morgan fingerprint density at radius 1 is 1.38 bits per heavy atom. The third kappa shape index (κ3) is 3.33. The number of hydrogen-bond donors (Lipinski definition) is 1. The molecular formula is C16H24N6O2. The first kappa shape index (κ1) is 16.6. The van der Waals surface area contributed by atoms with Gasteiger partial charge in [0.05, 0.1) is 17.8 Å². The van der Waals surface area contributed by atoms with Crippen molar-refractivity contribution in [1.82, 2.24) is 20.2 Å². The van der Waals surface area contributed by atoms with Crippen LogP contribution in [0.1, 0.15) is 50.4 Å². The zero-order chi connectivity index (χ0) is 17.3. The number of carbonyl (C=O) groups is 1. The highest BCUT2D eigenvalue weighted by Crippen LogP contribution is 2.41. The van der Waals surface area contributed by atoms with Crippen molar-refractivity contribution in [2.75, 3.05) is 19.5 Å². The summed E-state index contributed by atoms with van der Waals surface area (Å²) in [5.74, 6) is 0.609. The van der Waals surface area contributed by atoms with Gasteiger partial charge in [-0.15, -0.1) is 10.2 Å². The predicted octanol–water partition coefficient (Wildman–Crippen LogP) is 2.35. The van der Waals surface area contributed by atoms with E-state index in [0.717, 1.165) is 42.7 Å². The third-order valence-electron chi connectivity index (χ3n) is 4.32. The zero-order valence-corrected chi connectivity index (χ0v) is 14.6. The lowest BCUT2D eigenvalue weighted by molar-refractivity contribution is -0.191. The van der Waals surface area contributed by atoms with Crippen molar-refractivity contribution < 1.29 is 9.63 Å². The van der Waals surface area contributed by atoms with Crippen molar-refractivity contribution in [2.24, 2.45) is 5.10 Å². The normalized spacial score (nSPS) is 22.3. The van der Waals surface area contributed by atoms with Gasteiger partial charge in [0.1, 0.15) is 0 Å². The molecule has 1 fully saturated rings. The molecule has 2 unspecified atom stereocenters. The second-order valence-electron chi connectivity index (χ2n) is 6.72. The number of aromatic nitrogens is 2. The summed E-state index contributed by atoms with van der Waals surface area (Å²) < 4.78 is 0. The highest BCUT2D eigenvalue weighted by atomic mass is 16.7. The molecule has 0 aliphatic carbocycles. The molecule has 8 heteroatoms. The van der Waals surface area contributed by atoms with Gasteiger partial charge in [-0.25, -0.2) is 4.79 Å². The summed E-state index contributed by atoms with van der Waals surface area (Å²) in [6.07, 6.45) is 3.45. The number of fused-ring (bicyclic) bond motifs is 4. The van der Waals surface area contributed by atoms with Gasteiger partial charge in [-0.2, -0.15) is 10.2 Å². The Bertz CT molecular complexity index is 656. The van der Waals surface area contributed by atoms with Crippen LogP contribution in [0.5, 0.6) is 0 Å². The standard InChI is InChI=1S/C16H24N6O2/c1-10(2)17-19-15-9-12-13(18-20-15)8-11-6-5-7-14(12)22(11)24-16(23)21(3)4/h9,11,14H,5-8H2,1-4H3,(H,19,20). The Balaban J connectivity index is 1.87. The van der Waals surface area contributed by atoms with E-state index >= 15 is 0 Å². The number of nitrogens with zero attached hydrogens (tertiary/aromatic N) is 5. The number of nitrogens with one attached hydrogen (secondary N) is 1. The molecular weight excluding hydrogens is 308 g/mol. The number of hydrazone groups is 1. The number of hydroxylamine groups is 2. The van der Waals surface area contributed by atoms with Gasteiger partial charge in [0.25, 0.3) is 0 Å². The minimum atomic E-state index is -0.345. The van der Waals surface area contributed by atoms with Gasteiger partial charge in [-0.3, -0.25) is 5.43 Å². The van der Waals surface area contributed by atoms with Gasteiger partial charge >= 0.3 is 6.09 Å². The van der Waals surface area contributed by atoms with E-state index in [-0.39, 0.29) is 18.2 Å². The van der Waals surface area contributed by atoms with E-state index in [4.69, 9.17) is 4.84 Å². The van der Waals surface area contributed by atoms with E-state index in [9.17, 15) is 4.79 Å². The van der Waals surface area contributed by atoms with Crippen LogP contribution in [0.15, 0.2) is 11.2 Å². The lowest BCUT2D eigenvalue weighted by atomic mass is 9.84. The first-order valence-electron chi connectivity index (χ1n) is 8.26.